The van der Waals surface area contributed by atoms with Crippen LogP contribution in [-0.2, 0) is 11.5 Å². The third-order valence-electron chi connectivity index (χ3n) is 2.81. The van der Waals surface area contributed by atoms with Gasteiger partial charge >= 0.3 is 5.69 Å². The average Bonchev–Trinajstić information content (AvgIpc) is 2.27. The number of nitrogens with one attached hydrogen (secondary N) is 1. The highest BCUT2D eigenvalue weighted by atomic mass is 35.5. The largest absolute Gasteiger partial charge is 0.361 e. The first-order chi connectivity index (χ1) is 7.86. The van der Waals surface area contributed by atoms with Gasteiger partial charge in [0.1, 0.15) is 6.73 Å². The Hall–Kier alpha value is -0.853. The fraction of sp³-hybridized carbons (Fsp3) is 0.600. The molecule has 0 aliphatic heterocycles. The van der Waals surface area contributed by atoms with E-state index >= 15 is 0 Å². The van der Waals surface area contributed by atoms with Crippen LogP contribution in [0, 0.1) is 0 Å². The van der Waals surface area contributed by atoms with E-state index in [-0.39, 0.29) is 12.5 Å². The molecule has 1 unspecified atom stereocenters. The van der Waals surface area contributed by atoms with Crippen LogP contribution in [0.3, 0.4) is 0 Å². The number of alkyl halides is 1. The van der Waals surface area contributed by atoms with Gasteiger partial charge in [-0.25, -0.2) is 4.79 Å². The summed E-state index contributed by atoms with van der Waals surface area (Å²) in [5.41, 5.74) is -0.224. The van der Waals surface area contributed by atoms with Gasteiger partial charge in [-0.15, -0.1) is 11.6 Å². The zero-order valence-corrected chi connectivity index (χ0v) is 12.0. The molecule has 1 heterocycles. The number of halogens is 1. The first kappa shape index (κ1) is 14.2. The van der Waals surface area contributed by atoms with Gasteiger partial charge in [-0.1, -0.05) is 13.1 Å². The predicted octanol–water partition coefficient (Wildman–Crippen LogP) is 0.925. The van der Waals surface area contributed by atoms with Crippen LogP contribution < -0.4 is 11.2 Å². The maximum atomic E-state index is 11.4. The van der Waals surface area contributed by atoms with E-state index in [2.05, 4.69) is 18.1 Å². The summed E-state index contributed by atoms with van der Waals surface area (Å²) in [4.78, 5) is 24.4. The lowest BCUT2D eigenvalue weighted by Gasteiger charge is -2.27. The van der Waals surface area contributed by atoms with Gasteiger partial charge in [0.2, 0.25) is 0 Å². The Bertz CT molecular complexity index is 483. The molecule has 96 valence electrons. The van der Waals surface area contributed by atoms with Gasteiger partial charge in [0, 0.05) is 23.5 Å². The lowest BCUT2D eigenvalue weighted by Crippen LogP contribution is -2.44. The van der Waals surface area contributed by atoms with Gasteiger partial charge < -0.3 is 4.74 Å². The molecule has 1 aromatic heterocycles. The molecule has 0 aliphatic carbocycles. The van der Waals surface area contributed by atoms with E-state index in [0.29, 0.717) is 5.50 Å². The van der Waals surface area contributed by atoms with E-state index in [1.54, 1.807) is 0 Å². The van der Waals surface area contributed by atoms with Crippen molar-refractivity contribution in [1.29, 1.82) is 0 Å². The number of aromatic amines is 1. The molecule has 1 atom stereocenters. The van der Waals surface area contributed by atoms with Crippen LogP contribution in [0.1, 0.15) is 6.92 Å². The molecule has 0 saturated carbocycles. The molecule has 1 aromatic rings. The Balaban J connectivity index is 2.68. The Labute approximate surface area is 105 Å². The lowest BCUT2D eigenvalue weighted by atomic mass is 10.6. The van der Waals surface area contributed by atoms with Crippen molar-refractivity contribution in [2.45, 2.75) is 32.5 Å². The maximum Gasteiger partial charge on any atom is 0.330 e. The number of H-pyrrole nitrogens is 1. The molecule has 1 rings (SSSR count). The highest BCUT2D eigenvalue weighted by Gasteiger charge is 2.28. The first-order valence-corrected chi connectivity index (χ1v) is 9.16. The molecule has 0 aromatic carbocycles. The molecule has 0 amide bonds. The summed E-state index contributed by atoms with van der Waals surface area (Å²) < 4.78 is 6.94. The van der Waals surface area contributed by atoms with Crippen molar-refractivity contribution in [3.8, 4) is 0 Å². The molecule has 0 saturated heterocycles. The predicted molar refractivity (Wildman–Crippen MR) is 70.1 cm³/mol. The van der Waals surface area contributed by atoms with Crippen molar-refractivity contribution < 1.29 is 4.74 Å². The highest BCUT2D eigenvalue weighted by Crippen LogP contribution is 2.13. The van der Waals surface area contributed by atoms with Crippen molar-refractivity contribution >= 4 is 19.7 Å². The second kappa shape index (κ2) is 5.66. The van der Waals surface area contributed by atoms with E-state index in [1.807, 2.05) is 6.92 Å². The molecular weight excluding hydrogens is 260 g/mol. The van der Waals surface area contributed by atoms with E-state index in [9.17, 15) is 9.59 Å². The lowest BCUT2D eigenvalue weighted by molar-refractivity contribution is 0.0534. The number of hydrogen-bond acceptors (Lipinski definition) is 3. The second-order valence-corrected chi connectivity index (χ2v) is 10.5. The monoisotopic (exact) mass is 276 g/mol. The van der Waals surface area contributed by atoms with Crippen molar-refractivity contribution in [3.63, 3.8) is 0 Å². The molecule has 5 nitrogen and oxygen atoms in total. The van der Waals surface area contributed by atoms with E-state index in [1.165, 1.54) is 16.8 Å². The van der Waals surface area contributed by atoms with Gasteiger partial charge in [0.25, 0.3) is 5.56 Å². The minimum atomic E-state index is -1.61. The SMILES string of the molecule is CC(OCn1ccc(=O)[nH]c1=O)[Si](C)(C)CCl. The molecule has 0 fully saturated rings. The average molecular weight is 277 g/mol. The first-order valence-electron chi connectivity index (χ1n) is 5.34. The summed E-state index contributed by atoms with van der Waals surface area (Å²) in [6.45, 7) is 6.34. The van der Waals surface area contributed by atoms with Crippen LogP contribution >= 0.6 is 11.6 Å². The van der Waals surface area contributed by atoms with Crippen LogP contribution in [0.5, 0.6) is 0 Å². The van der Waals surface area contributed by atoms with Crippen molar-refractivity contribution in [3.05, 3.63) is 33.1 Å². The summed E-state index contributed by atoms with van der Waals surface area (Å²) >= 11 is 5.89. The molecule has 17 heavy (non-hydrogen) atoms. The molecule has 0 spiro atoms. The maximum absolute atomic E-state index is 11.4. The molecule has 0 radical (unpaired) electrons. The third-order valence-corrected chi connectivity index (χ3v) is 7.93. The van der Waals surface area contributed by atoms with Gasteiger partial charge in [0.05, 0.1) is 8.07 Å². The Morgan fingerprint density at radius 3 is 2.71 bits per heavy atom. The summed E-state index contributed by atoms with van der Waals surface area (Å²) in [6, 6.07) is 1.29. The standard InChI is InChI=1S/C10H17ClN2O3Si/c1-8(17(2,3)6-11)16-7-13-5-4-9(14)12-10(13)15/h4-5,8H,6-7H2,1-3H3,(H,12,14,15). The fourth-order valence-corrected chi connectivity index (χ4v) is 2.47. The van der Waals surface area contributed by atoms with Crippen LogP contribution in [0.4, 0.5) is 0 Å². The Morgan fingerprint density at radius 2 is 2.18 bits per heavy atom. The van der Waals surface area contributed by atoms with Crippen molar-refractivity contribution in [2.24, 2.45) is 0 Å². The van der Waals surface area contributed by atoms with E-state index in [0.717, 1.165) is 0 Å². The quantitative estimate of drug-likeness (QED) is 0.643. The summed E-state index contributed by atoms with van der Waals surface area (Å²) in [5.74, 6) is 0. The minimum Gasteiger partial charge on any atom is -0.361 e. The number of rotatable bonds is 5. The molecular formula is C10H17ClN2O3Si. The Kier molecular flexibility index (Phi) is 4.73. The van der Waals surface area contributed by atoms with E-state index in [4.69, 9.17) is 16.3 Å². The summed E-state index contributed by atoms with van der Waals surface area (Å²) in [6.07, 6.45) is 1.42. The van der Waals surface area contributed by atoms with Crippen LogP contribution in [0.25, 0.3) is 0 Å². The third kappa shape index (κ3) is 3.83. The van der Waals surface area contributed by atoms with Gasteiger partial charge in [-0.05, 0) is 6.92 Å². The number of ether oxygens (including phenoxy) is 1. The zero-order chi connectivity index (χ0) is 13.1. The molecule has 7 heteroatoms. The molecule has 0 aliphatic rings. The number of aromatic nitrogens is 2. The zero-order valence-electron chi connectivity index (χ0n) is 10.2. The fourth-order valence-electron chi connectivity index (χ4n) is 1.07. The highest BCUT2D eigenvalue weighted by molar-refractivity contribution is 6.84. The number of nitrogens with zero attached hydrogens (tertiary/aromatic N) is 1. The summed E-state index contributed by atoms with van der Waals surface area (Å²) in [7, 11) is -1.61. The van der Waals surface area contributed by atoms with Crippen molar-refractivity contribution in [2.75, 3.05) is 5.50 Å². The topological polar surface area (TPSA) is 64.1 Å². The van der Waals surface area contributed by atoms with Gasteiger partial charge in [-0.2, -0.15) is 0 Å². The molecule has 1 N–H and O–H groups in total. The van der Waals surface area contributed by atoms with Gasteiger partial charge in [-0.3, -0.25) is 14.3 Å². The molecule has 0 bridgehead atoms. The van der Waals surface area contributed by atoms with Crippen LogP contribution in [-0.4, -0.2) is 28.9 Å². The Morgan fingerprint density at radius 1 is 1.53 bits per heavy atom. The number of hydrogen-bond donors (Lipinski definition) is 1. The smallest absolute Gasteiger partial charge is 0.330 e. The van der Waals surface area contributed by atoms with Gasteiger partial charge in [0.15, 0.2) is 0 Å². The second-order valence-electron chi connectivity index (χ2n) is 4.64. The van der Waals surface area contributed by atoms with Crippen LogP contribution in [0.2, 0.25) is 13.1 Å². The normalized spacial score (nSPS) is 13.6. The minimum absolute atomic E-state index is 0.0406. The summed E-state index contributed by atoms with van der Waals surface area (Å²) in [5, 5.41) is 0. The van der Waals surface area contributed by atoms with Crippen LogP contribution in [0.15, 0.2) is 21.9 Å². The van der Waals surface area contributed by atoms with E-state index < -0.39 is 19.3 Å². The van der Waals surface area contributed by atoms with Crippen molar-refractivity contribution in [1.82, 2.24) is 9.55 Å².